The molecule has 3 aliphatic rings. The van der Waals surface area contributed by atoms with Crippen LogP contribution in [-0.2, 0) is 71.4 Å². The number of carbonyl (C=O) groups is 6. The molecular formula is C110H114Cl6N12O13. The molecule has 3 atom stereocenters. The zero-order valence-electron chi connectivity index (χ0n) is 82.3. The smallest absolute Gasteiger partial charge is 0.371 e. The molecule has 3 aliphatic heterocycles. The summed E-state index contributed by atoms with van der Waals surface area (Å²) in [6.07, 6.45) is 4.65. The molecule has 0 spiro atoms. The highest BCUT2D eigenvalue weighted by Gasteiger charge is 2.41. The number of carboxylic acid groups (broad SMARTS) is 2. The lowest BCUT2D eigenvalue weighted by atomic mass is 9.98. The van der Waals surface area contributed by atoms with Gasteiger partial charge in [-0.2, -0.15) is 15.3 Å². The first kappa shape index (κ1) is 101. The van der Waals surface area contributed by atoms with E-state index in [0.29, 0.717) is 141 Å². The van der Waals surface area contributed by atoms with E-state index in [9.17, 15) is 39.0 Å². The van der Waals surface area contributed by atoms with E-state index in [0.717, 1.165) is 200 Å². The largest absolute Gasteiger partial charge is 0.494 e. The molecule has 734 valence electrons. The number of carboxylic acids is 2. The van der Waals surface area contributed by atoms with E-state index < -0.39 is 11.9 Å². The van der Waals surface area contributed by atoms with Crippen molar-refractivity contribution in [2.45, 2.75) is 193 Å². The molecule has 0 radical (unpaired) electrons. The van der Waals surface area contributed by atoms with E-state index in [2.05, 4.69) is 44.7 Å². The van der Waals surface area contributed by atoms with Crippen molar-refractivity contribution in [2.75, 3.05) is 32.9 Å². The normalized spacial score (nSPS) is 14.7. The number of hydrogen-bond acceptors (Lipinski definition) is 14. The summed E-state index contributed by atoms with van der Waals surface area (Å²) in [4.78, 5) is 83.0. The van der Waals surface area contributed by atoms with E-state index in [1.54, 1.807) is 47.4 Å². The maximum absolute atomic E-state index is 14.8. The molecule has 0 aliphatic carbocycles. The molecule has 0 saturated carbocycles. The standard InChI is InChI=1S/C38H40Cl2N4O4.C37H38Cl2N4O4.C35H36Cl2N4O5/c1-22-17-29(18-23(2)35(22)40)47-16-8-11-30-31-12-13-32(39)34(33-25(4)41-42(6)26(33)5)36(31)43-15-14-24(3)44(38(46)37(30)43)20-27-9-7-10-28(19-27)48-21-45;1-20-16-27(17-21(2)33(20)39)47-15-7-8-28-29-13-14-30(38)32(31-23(4)40-41(6)24(31)5)34(29)43-22(3)18-42(36(44)35(28)43)19-25-9-11-26(12-10-25)37(45)46;1-18-14-24(15-19(2)31(18)37)45-13-7-8-25-26-10-11-27(36)30(29-21(4)38-39(6)22(29)5)32(26)41-20(3)16-40(34(42)33(25)41)17-23-9-12-28(46-23)35(43)44/h7,9-10,12-13,17-19,21,24H,8,11,14-16,20H2,1-6H3;9-14,16-17,22H,7-8,15,18-19H2,1-6H3,(H,45,46);9-12,14-15,20H,7-8,13,16-17H2,1-6H3,(H,43,44). The Morgan fingerprint density at radius 2 is 0.830 bits per heavy atom. The van der Waals surface area contributed by atoms with E-state index >= 15 is 0 Å². The fourth-order valence-corrected chi connectivity index (χ4v) is 21.7. The van der Waals surface area contributed by atoms with Crippen LogP contribution in [0.5, 0.6) is 23.0 Å². The molecule has 0 fully saturated rings. The summed E-state index contributed by atoms with van der Waals surface area (Å²) in [5.41, 5.74) is 26.6. The lowest BCUT2D eigenvalue weighted by Gasteiger charge is -2.34. The number of benzene rings is 8. The van der Waals surface area contributed by atoms with Gasteiger partial charge in [-0.25, -0.2) is 9.59 Å². The van der Waals surface area contributed by atoms with Crippen LogP contribution in [0.4, 0.5) is 0 Å². The second-order valence-electron chi connectivity index (χ2n) is 37.4. The third-order valence-corrected chi connectivity index (χ3v) is 30.3. The highest BCUT2D eigenvalue weighted by atomic mass is 35.5. The van der Waals surface area contributed by atoms with E-state index in [4.69, 9.17) is 98.1 Å². The second-order valence-corrected chi connectivity index (χ2v) is 39.7. The number of aromatic carboxylic acids is 2. The van der Waals surface area contributed by atoms with Crippen LogP contribution >= 0.6 is 69.6 Å². The van der Waals surface area contributed by atoms with Crippen LogP contribution in [0.1, 0.15) is 212 Å². The number of halogens is 6. The van der Waals surface area contributed by atoms with Crippen LogP contribution < -0.4 is 18.9 Å². The fraction of sp³-hybridized carbons (Fsp3) is 0.336. The van der Waals surface area contributed by atoms with Gasteiger partial charge in [0.2, 0.25) is 5.76 Å². The Morgan fingerprint density at radius 3 is 1.21 bits per heavy atom. The molecule has 0 saturated heterocycles. The quantitative estimate of drug-likeness (QED) is 0.0341. The topological polar surface area (TPSA) is 271 Å². The summed E-state index contributed by atoms with van der Waals surface area (Å²) >= 11 is 40.1. The van der Waals surface area contributed by atoms with Crippen LogP contribution in [-0.4, -0.2) is 143 Å². The monoisotopic (exact) mass is 2020 g/mol. The summed E-state index contributed by atoms with van der Waals surface area (Å²) in [6.45, 7) is 34.4. The average molecular weight is 2020 g/mol. The Hall–Kier alpha value is -12.8. The Bertz CT molecular complexity index is 7430. The molecule has 8 aromatic carbocycles. The Kier molecular flexibility index (Phi) is 30.0. The molecule has 2 N–H and O–H groups in total. The van der Waals surface area contributed by atoms with E-state index in [1.165, 1.54) is 6.07 Å². The van der Waals surface area contributed by atoms with Gasteiger partial charge in [0.15, 0.2) is 0 Å². The van der Waals surface area contributed by atoms with Gasteiger partial charge in [0.25, 0.3) is 24.2 Å². The molecule has 31 heteroatoms. The van der Waals surface area contributed by atoms with Crippen LogP contribution in [0.3, 0.4) is 0 Å². The highest BCUT2D eigenvalue weighted by molar-refractivity contribution is 6.37. The van der Waals surface area contributed by atoms with Crippen molar-refractivity contribution < 1.29 is 62.3 Å². The minimum Gasteiger partial charge on any atom is -0.494 e. The number of furan rings is 1. The molecule has 3 unspecified atom stereocenters. The SMILES string of the molecule is Cc1cc(OCCCc2c3n(c4c(-c5c(C)nn(C)c5C)c(Cl)ccc24)C(C)CN(Cc2ccc(C(=O)O)cc2)C3=O)cc(C)c1Cl.Cc1cc(OCCCc2c3n(c4c(-c5c(C)nn(C)c5C)c(Cl)ccc24)C(C)CN(Cc2ccc(C(=O)O)o2)C3=O)cc(C)c1Cl.Cc1cc(OCCCc2c3n(c4c(-c5c(C)nn(C)c5C)c(Cl)ccc24)CCC(C)N(Cc2cccc(OC=O)c2)C3=O)cc(C)c1Cl. The van der Waals surface area contributed by atoms with Gasteiger partial charge in [0, 0.05) is 154 Å². The summed E-state index contributed by atoms with van der Waals surface area (Å²) in [5, 5.41) is 39.7. The van der Waals surface area contributed by atoms with Crippen molar-refractivity contribution in [3.63, 3.8) is 0 Å². The highest BCUT2D eigenvalue weighted by Crippen LogP contribution is 2.50. The number of amides is 3. The number of nitrogens with zero attached hydrogens (tertiary/aromatic N) is 12. The molecular weight excluding hydrogens is 1910 g/mol. The molecule has 18 rings (SSSR count). The van der Waals surface area contributed by atoms with Crippen molar-refractivity contribution in [2.24, 2.45) is 21.1 Å². The summed E-state index contributed by atoms with van der Waals surface area (Å²) in [7, 11) is 5.78. The Balaban J connectivity index is 0.000000152. The predicted molar refractivity (Wildman–Crippen MR) is 555 cm³/mol. The molecule has 25 nitrogen and oxygen atoms in total. The van der Waals surface area contributed by atoms with Crippen LogP contribution in [0, 0.1) is 83.1 Å². The number of carbonyl (C=O) groups excluding carboxylic acids is 4. The predicted octanol–water partition coefficient (Wildman–Crippen LogP) is 25.2. The van der Waals surface area contributed by atoms with Crippen LogP contribution in [0.2, 0.25) is 30.1 Å². The first-order chi connectivity index (χ1) is 67.2. The van der Waals surface area contributed by atoms with Crippen LogP contribution in [0.25, 0.3) is 66.1 Å². The van der Waals surface area contributed by atoms with Crippen molar-refractivity contribution in [1.29, 1.82) is 0 Å². The number of ether oxygens (including phenoxy) is 4. The lowest BCUT2D eigenvalue weighted by molar-refractivity contribution is -0.120. The zero-order valence-corrected chi connectivity index (χ0v) is 86.9. The lowest BCUT2D eigenvalue weighted by Crippen LogP contribution is -2.42. The summed E-state index contributed by atoms with van der Waals surface area (Å²) in [5.74, 6) is 0.626. The number of fused-ring (bicyclic) bond motifs is 9. The molecule has 0 bridgehead atoms. The van der Waals surface area contributed by atoms with Gasteiger partial charge in [-0.15, -0.1) is 0 Å². The number of aryl methyl sites for hydroxylation is 16. The van der Waals surface area contributed by atoms with Gasteiger partial charge in [0.1, 0.15) is 45.8 Å². The van der Waals surface area contributed by atoms with Gasteiger partial charge in [0.05, 0.1) is 80.6 Å². The van der Waals surface area contributed by atoms with Gasteiger partial charge in [-0.1, -0.05) is 112 Å². The van der Waals surface area contributed by atoms with Gasteiger partial charge >= 0.3 is 11.9 Å². The molecule has 3 amide bonds. The molecule has 10 heterocycles. The Morgan fingerprint density at radius 1 is 0.433 bits per heavy atom. The molecule has 15 aromatic rings. The van der Waals surface area contributed by atoms with E-state index in [-0.39, 0.29) is 53.7 Å². The van der Waals surface area contributed by atoms with E-state index in [1.807, 2.05) is 213 Å². The van der Waals surface area contributed by atoms with Crippen molar-refractivity contribution >= 4 is 138 Å². The minimum atomic E-state index is -1.15. The number of hydrogen-bond donors (Lipinski definition) is 2. The minimum absolute atomic E-state index is 0.0415. The fourth-order valence-electron chi connectivity index (χ4n) is 20.6. The van der Waals surface area contributed by atoms with Crippen LogP contribution in [0.15, 0.2) is 138 Å². The summed E-state index contributed by atoms with van der Waals surface area (Å²) in [6, 6.07) is 40.4. The average Bonchev–Trinajstić information content (AvgIpc) is 1.56. The summed E-state index contributed by atoms with van der Waals surface area (Å²) < 4.78 is 41.2. The van der Waals surface area contributed by atoms with Gasteiger partial charge < -0.3 is 62.0 Å². The maximum atomic E-state index is 14.8. The van der Waals surface area contributed by atoms with Crippen molar-refractivity contribution in [3.8, 4) is 56.4 Å². The van der Waals surface area contributed by atoms with Crippen molar-refractivity contribution in [1.82, 2.24) is 57.7 Å². The molecule has 141 heavy (non-hydrogen) atoms. The maximum Gasteiger partial charge on any atom is 0.371 e. The third-order valence-electron chi connectivity index (χ3n) is 27.6. The number of rotatable bonds is 28. The second kappa shape index (κ2) is 41.8. The Labute approximate surface area is 849 Å². The van der Waals surface area contributed by atoms with Gasteiger partial charge in [-0.3, -0.25) is 33.2 Å². The number of aromatic nitrogens is 9. The first-order valence-corrected chi connectivity index (χ1v) is 49.5. The molecule has 7 aromatic heterocycles. The van der Waals surface area contributed by atoms with Crippen molar-refractivity contribution in [3.05, 3.63) is 293 Å². The third kappa shape index (κ3) is 20.0. The van der Waals surface area contributed by atoms with Gasteiger partial charge in [-0.05, 0) is 301 Å². The first-order valence-electron chi connectivity index (χ1n) is 47.2. The zero-order chi connectivity index (χ0) is 101.